The largest absolute Gasteiger partial charge is 0.508 e. The molecule has 1 aliphatic carbocycles. The Kier molecular flexibility index (Phi) is 10.1. The van der Waals surface area contributed by atoms with E-state index in [4.69, 9.17) is 18.9 Å². The number of aliphatic hydroxyl groups is 3. The highest BCUT2D eigenvalue weighted by atomic mass is 33.1. The van der Waals surface area contributed by atoms with Gasteiger partial charge in [0.1, 0.15) is 30.0 Å². The molecule has 10 nitrogen and oxygen atoms in total. The van der Waals surface area contributed by atoms with Crippen LogP contribution in [0.5, 0.6) is 40.2 Å². The minimum atomic E-state index is -1.16. The van der Waals surface area contributed by atoms with E-state index in [0.717, 1.165) is 52.8 Å². The molecule has 0 fully saturated rings. The summed E-state index contributed by atoms with van der Waals surface area (Å²) in [7, 11) is 6.12. The van der Waals surface area contributed by atoms with E-state index in [9.17, 15) is 30.6 Å². The van der Waals surface area contributed by atoms with E-state index in [-0.39, 0.29) is 60.0 Å². The molecule has 0 spiro atoms. The van der Waals surface area contributed by atoms with Crippen molar-refractivity contribution in [3.63, 3.8) is 0 Å². The van der Waals surface area contributed by atoms with Gasteiger partial charge in [-0.3, -0.25) is 0 Å². The zero-order chi connectivity index (χ0) is 33.4. The van der Waals surface area contributed by atoms with E-state index < -0.39 is 24.0 Å². The van der Waals surface area contributed by atoms with Crippen LogP contribution in [0.15, 0.2) is 30.3 Å². The third kappa shape index (κ3) is 6.03. The summed E-state index contributed by atoms with van der Waals surface area (Å²) in [5.74, 6) is 0.978. The minimum Gasteiger partial charge on any atom is -0.508 e. The van der Waals surface area contributed by atoms with Crippen molar-refractivity contribution in [2.45, 2.75) is 56.1 Å². The number of phenols is 3. The lowest BCUT2D eigenvalue weighted by molar-refractivity contribution is 0.00263. The maximum atomic E-state index is 12.2. The summed E-state index contributed by atoms with van der Waals surface area (Å²) in [4.78, 5) is 0. The summed E-state index contributed by atoms with van der Waals surface area (Å²) in [6.07, 6.45) is 0.500. The highest BCUT2D eigenvalue weighted by Crippen LogP contribution is 2.60. The Labute approximate surface area is 282 Å². The molecule has 12 heteroatoms. The molecule has 0 saturated heterocycles. The summed E-state index contributed by atoms with van der Waals surface area (Å²) >= 11 is 0. The number of hydrogen-bond donors (Lipinski definition) is 6. The van der Waals surface area contributed by atoms with Gasteiger partial charge >= 0.3 is 0 Å². The van der Waals surface area contributed by atoms with Crippen LogP contribution in [0.3, 0.4) is 0 Å². The van der Waals surface area contributed by atoms with Gasteiger partial charge in [0.05, 0.1) is 27.4 Å². The number of aliphatic hydroxyl groups excluding tert-OH is 3. The first kappa shape index (κ1) is 33.7. The third-order valence-corrected chi connectivity index (χ3v) is 12.2. The number of methoxy groups -OCH3 is 2. The van der Waals surface area contributed by atoms with Gasteiger partial charge in [-0.1, -0.05) is 41.0 Å². The molecule has 0 aromatic heterocycles. The monoisotopic (exact) mass is 686 g/mol. The average molecular weight is 687 g/mol. The average Bonchev–Trinajstić information content (AvgIpc) is 3.07. The predicted octanol–water partition coefficient (Wildman–Crippen LogP) is 5.81. The zero-order valence-corrected chi connectivity index (χ0v) is 28.3. The van der Waals surface area contributed by atoms with Crippen LogP contribution in [0.1, 0.15) is 72.3 Å². The maximum Gasteiger partial charge on any atom is 0.207 e. The van der Waals surface area contributed by atoms with Crippen LogP contribution in [-0.2, 0) is 0 Å². The van der Waals surface area contributed by atoms with Crippen LogP contribution in [0.2, 0.25) is 0 Å². The first-order valence-electron chi connectivity index (χ1n) is 15.9. The molecule has 6 rings (SSSR count). The van der Waals surface area contributed by atoms with Gasteiger partial charge in [-0.05, 0) is 59.6 Å². The Balaban J connectivity index is 1.63. The van der Waals surface area contributed by atoms with E-state index in [2.05, 4.69) is 6.92 Å². The molecule has 3 aromatic carbocycles. The van der Waals surface area contributed by atoms with Gasteiger partial charge in [0.25, 0.3) is 0 Å². The predicted molar refractivity (Wildman–Crippen MR) is 182 cm³/mol. The first-order chi connectivity index (χ1) is 22.7. The van der Waals surface area contributed by atoms with Crippen LogP contribution in [0, 0.1) is 5.92 Å². The second-order valence-electron chi connectivity index (χ2n) is 12.4. The van der Waals surface area contributed by atoms with Gasteiger partial charge in [-0.25, -0.2) is 0 Å². The number of hydrogen-bond acceptors (Lipinski definition) is 12. The van der Waals surface area contributed by atoms with E-state index >= 15 is 0 Å². The standard InChI is InChI=1S/C35H42O10S2/c1-17-4-6-19-21-12-18(38)5-7-20(21)28-25(44-10-9-36)14-26-29(30(28)23(19)15-37)24(16-47-46-11-8-17)32(40)34(45-26)22-13-27(42-2)33(41)35(43-3)31(22)39/h5,7,12-14,17,19,23-24,32,34,36-41H,4,6,8-11,15-16H2,1-3H3/t17-,19-,23-,24+,32-,34+/m1/s1. The summed E-state index contributed by atoms with van der Waals surface area (Å²) < 4.78 is 23.5. The molecule has 2 heterocycles. The van der Waals surface area contributed by atoms with Crippen molar-refractivity contribution in [2.24, 2.45) is 5.92 Å². The number of aromatic hydroxyl groups is 3. The zero-order valence-electron chi connectivity index (χ0n) is 26.6. The second kappa shape index (κ2) is 14.1. The molecule has 0 unspecified atom stereocenters. The van der Waals surface area contributed by atoms with Crippen molar-refractivity contribution < 1.29 is 49.6 Å². The Hall–Kier alpha value is -3.16. The Bertz CT molecular complexity index is 1610. The van der Waals surface area contributed by atoms with Crippen molar-refractivity contribution in [3.05, 3.63) is 52.6 Å². The molecule has 2 aliphatic heterocycles. The lowest BCUT2D eigenvalue weighted by Crippen LogP contribution is -2.37. The third-order valence-electron chi connectivity index (χ3n) is 9.74. The van der Waals surface area contributed by atoms with E-state index in [0.29, 0.717) is 23.2 Å². The number of ether oxygens (including phenoxy) is 4. The molecule has 6 N–H and O–H groups in total. The van der Waals surface area contributed by atoms with Crippen LogP contribution < -0.4 is 18.9 Å². The van der Waals surface area contributed by atoms with Gasteiger partial charge in [0, 0.05) is 46.1 Å². The molecule has 0 amide bonds. The topological polar surface area (TPSA) is 158 Å². The lowest BCUT2D eigenvalue weighted by atomic mass is 9.66. The fourth-order valence-electron chi connectivity index (χ4n) is 7.41. The number of phenolic OH excluding ortho intramolecular Hbond substituents is 3. The van der Waals surface area contributed by atoms with Crippen LogP contribution in [-0.4, -0.2) is 82.3 Å². The molecule has 3 aromatic rings. The minimum absolute atomic E-state index is 0.0124. The lowest BCUT2D eigenvalue weighted by Gasteiger charge is -2.43. The Morgan fingerprint density at radius 2 is 1.68 bits per heavy atom. The summed E-state index contributed by atoms with van der Waals surface area (Å²) in [5.41, 5.74) is 4.31. The quantitative estimate of drug-likeness (QED) is 0.166. The normalized spacial score (nSPS) is 25.3. The summed E-state index contributed by atoms with van der Waals surface area (Å²) in [5, 5.41) is 65.6. The second-order valence-corrected chi connectivity index (χ2v) is 15.1. The SMILES string of the molecule is COc1cc([C@@H]2Oc3cc(OCCO)c4c5c3[C@H](CSSCC[C@H](C)CC[C@H](c3cc(O)ccc3-4)[C@H]5CO)[C@H]2O)c(O)c(OC)c1O. The number of benzene rings is 3. The number of rotatable bonds is 7. The molecule has 6 atom stereocenters. The van der Waals surface area contributed by atoms with Gasteiger partial charge < -0.3 is 49.6 Å². The first-order valence-corrected chi connectivity index (χ1v) is 18.4. The molecular formula is C35H42O10S2. The number of fused-ring (bicyclic) bond motifs is 4. The fraction of sp³-hybridized carbons (Fsp3) is 0.486. The molecular weight excluding hydrogens is 645 g/mol. The van der Waals surface area contributed by atoms with Crippen molar-refractivity contribution in [1.82, 2.24) is 0 Å². The summed E-state index contributed by atoms with van der Waals surface area (Å²) in [6.45, 7) is 1.85. The Morgan fingerprint density at radius 1 is 0.872 bits per heavy atom. The molecule has 0 radical (unpaired) electrons. The molecule has 0 saturated carbocycles. The smallest absolute Gasteiger partial charge is 0.207 e. The van der Waals surface area contributed by atoms with Crippen molar-refractivity contribution >= 4 is 21.6 Å². The maximum absolute atomic E-state index is 12.2. The van der Waals surface area contributed by atoms with Gasteiger partial charge in [0.2, 0.25) is 11.5 Å². The Morgan fingerprint density at radius 3 is 2.40 bits per heavy atom. The van der Waals surface area contributed by atoms with Crippen molar-refractivity contribution in [1.29, 1.82) is 0 Å². The van der Waals surface area contributed by atoms with Crippen LogP contribution in [0.4, 0.5) is 0 Å². The van der Waals surface area contributed by atoms with Crippen molar-refractivity contribution in [3.8, 4) is 51.4 Å². The fourth-order valence-corrected chi connectivity index (χ4v) is 10.0. The van der Waals surface area contributed by atoms with E-state index in [1.54, 1.807) is 39.8 Å². The molecule has 2 bridgehead atoms. The van der Waals surface area contributed by atoms with E-state index in [1.807, 2.05) is 6.07 Å². The summed E-state index contributed by atoms with van der Waals surface area (Å²) in [6, 6.07) is 8.49. The van der Waals surface area contributed by atoms with Crippen molar-refractivity contribution in [2.75, 3.05) is 45.5 Å². The van der Waals surface area contributed by atoms with Gasteiger partial charge in [-0.15, -0.1) is 0 Å². The molecule has 47 heavy (non-hydrogen) atoms. The highest BCUT2D eigenvalue weighted by molar-refractivity contribution is 8.76. The van der Waals surface area contributed by atoms with E-state index in [1.165, 1.54) is 20.3 Å². The van der Waals surface area contributed by atoms with Crippen LogP contribution in [0.25, 0.3) is 11.1 Å². The highest BCUT2D eigenvalue weighted by Gasteiger charge is 2.47. The molecule has 254 valence electrons. The molecule has 3 aliphatic rings. The van der Waals surface area contributed by atoms with Gasteiger partial charge in [0.15, 0.2) is 17.6 Å². The van der Waals surface area contributed by atoms with Gasteiger partial charge in [-0.2, -0.15) is 0 Å². The van der Waals surface area contributed by atoms with Crippen LogP contribution >= 0.6 is 21.6 Å².